The molecule has 2 saturated heterocycles. The zero-order valence-electron chi connectivity index (χ0n) is 52.9. The van der Waals surface area contributed by atoms with Gasteiger partial charge in [0.25, 0.3) is 0 Å². The van der Waals surface area contributed by atoms with Gasteiger partial charge in [-0.1, -0.05) is 74.1 Å². The van der Waals surface area contributed by atoms with Crippen LogP contribution in [0.4, 0.5) is 9.59 Å². The van der Waals surface area contributed by atoms with Crippen molar-refractivity contribution in [2.75, 3.05) is 105 Å². The van der Waals surface area contributed by atoms with Gasteiger partial charge in [0.2, 0.25) is 20.0 Å². The Labute approximate surface area is 562 Å². The number of ether oxygens (including phenoxy) is 6. The number of sulfonamides is 2. The largest absolute Gasteiger partial charge is 0.484 e. The number of nitrogens with one attached hydrogen (secondary N) is 6. The van der Waals surface area contributed by atoms with Crippen molar-refractivity contribution in [3.05, 3.63) is 115 Å². The highest BCUT2D eigenvalue weighted by atomic mass is 35.5. The number of piperidine rings is 2. The van der Waals surface area contributed by atoms with Gasteiger partial charge in [-0.05, 0) is 160 Å². The quantitative estimate of drug-likeness (QED) is 0.0203. The van der Waals surface area contributed by atoms with Gasteiger partial charge in [0.1, 0.15) is 23.7 Å². The van der Waals surface area contributed by atoms with E-state index in [4.69, 9.17) is 86.3 Å². The van der Waals surface area contributed by atoms with E-state index in [9.17, 15) is 26.4 Å². The average Bonchev–Trinajstić information content (AvgIpc) is 1.62. The Hall–Kier alpha value is -4.32. The van der Waals surface area contributed by atoms with E-state index in [1.807, 2.05) is 39.8 Å². The minimum absolute atomic E-state index is 0.00398. The van der Waals surface area contributed by atoms with Crippen molar-refractivity contribution in [3.63, 3.8) is 0 Å². The third-order valence-electron chi connectivity index (χ3n) is 17.0. The third kappa shape index (κ3) is 21.6. The lowest BCUT2D eigenvalue weighted by atomic mass is 10.0. The first-order chi connectivity index (χ1) is 44.0. The lowest BCUT2D eigenvalue weighted by Gasteiger charge is -2.38. The number of halogens is 4. The van der Waals surface area contributed by atoms with E-state index in [-0.39, 0.29) is 136 Å². The van der Waals surface area contributed by atoms with E-state index < -0.39 is 32.1 Å². The summed E-state index contributed by atoms with van der Waals surface area (Å²) < 4.78 is 95.9. The molecule has 0 unspecified atom stereocenters. The minimum atomic E-state index is -3.91. The molecule has 2 aliphatic carbocycles. The van der Waals surface area contributed by atoms with Crippen LogP contribution >= 0.6 is 46.4 Å². The molecule has 8 rings (SSSR count). The molecule has 4 aliphatic rings. The van der Waals surface area contributed by atoms with Crippen LogP contribution in [0.2, 0.25) is 20.1 Å². The molecule has 0 bridgehead atoms. The van der Waals surface area contributed by atoms with Crippen LogP contribution < -0.4 is 51.7 Å². The lowest BCUT2D eigenvalue weighted by molar-refractivity contribution is 0.0381. The molecular weight excluding hydrogens is 1310 g/mol. The number of nitrogens with two attached hydrogens (primary N) is 2. The summed E-state index contributed by atoms with van der Waals surface area (Å²) in [5.41, 5.74) is 16.6. The smallest absolute Gasteiger partial charge is 0.314 e. The lowest BCUT2D eigenvalue weighted by Crippen LogP contribution is -2.49. The molecule has 2 fully saturated rings. The molecular formula is C64H92Cl4N10O12S2. The Bertz CT molecular complexity index is 3040. The first-order valence-electron chi connectivity index (χ1n) is 31.9. The summed E-state index contributed by atoms with van der Waals surface area (Å²) >= 11 is 26.2. The molecule has 0 radical (unpaired) electrons. The summed E-state index contributed by atoms with van der Waals surface area (Å²) in [4.78, 5) is 29.5. The van der Waals surface area contributed by atoms with Crippen molar-refractivity contribution in [1.82, 2.24) is 40.5 Å². The fourth-order valence-corrected chi connectivity index (χ4v) is 15.8. The number of rotatable bonds is 35. The minimum Gasteiger partial charge on any atom is -0.484 e. The van der Waals surface area contributed by atoms with Crippen LogP contribution in [0.1, 0.15) is 101 Å². The molecule has 22 nitrogen and oxygen atoms in total. The van der Waals surface area contributed by atoms with Crippen molar-refractivity contribution in [2.45, 2.75) is 137 Å². The monoisotopic (exact) mass is 1400 g/mol. The van der Waals surface area contributed by atoms with Crippen molar-refractivity contribution in [1.29, 1.82) is 0 Å². The molecule has 4 aromatic carbocycles. The van der Waals surface area contributed by atoms with Gasteiger partial charge >= 0.3 is 12.1 Å². The number of carbonyl (C=O) groups excluding carboxylic acids is 2. The Balaban J connectivity index is 0.619. The van der Waals surface area contributed by atoms with Gasteiger partial charge in [-0.3, -0.25) is 9.80 Å². The number of carbonyl (C=O) groups is 2. The van der Waals surface area contributed by atoms with Gasteiger partial charge in [-0.25, -0.2) is 35.9 Å². The van der Waals surface area contributed by atoms with Crippen LogP contribution in [0.25, 0.3) is 0 Å². The van der Waals surface area contributed by atoms with Crippen molar-refractivity contribution in [2.24, 2.45) is 23.3 Å². The number of amides is 4. The van der Waals surface area contributed by atoms with Crippen LogP contribution in [0, 0.1) is 11.8 Å². The first-order valence-corrected chi connectivity index (χ1v) is 36.4. The number of hydrogen-bond donors (Lipinski definition) is 8. The molecule has 4 amide bonds. The van der Waals surface area contributed by atoms with E-state index >= 15 is 0 Å². The number of fused-ring (bicyclic) bond motifs is 2. The number of hydrogen-bond acceptors (Lipinski definition) is 16. The Kier molecular flexibility index (Phi) is 28.4. The number of urea groups is 2. The summed E-state index contributed by atoms with van der Waals surface area (Å²) in [5.74, 6) is 0.886. The molecule has 4 aromatic rings. The highest BCUT2D eigenvalue weighted by molar-refractivity contribution is 7.89. The maximum Gasteiger partial charge on any atom is 0.314 e. The fraction of sp³-hybridized carbons (Fsp3) is 0.594. The number of likely N-dealkylation sites (tertiary alicyclic amines) is 2. The predicted octanol–water partition coefficient (Wildman–Crippen LogP) is 7.99. The second-order valence-electron chi connectivity index (χ2n) is 24.7. The molecule has 510 valence electrons. The van der Waals surface area contributed by atoms with E-state index in [0.717, 1.165) is 74.1 Å². The van der Waals surface area contributed by atoms with Crippen LogP contribution in [-0.4, -0.2) is 180 Å². The van der Waals surface area contributed by atoms with Crippen molar-refractivity contribution >= 4 is 78.5 Å². The van der Waals surface area contributed by atoms with Crippen LogP contribution in [0.3, 0.4) is 0 Å². The Morgan fingerprint density at radius 3 is 1.27 bits per heavy atom. The standard InChI is InChI=1S/C64H92Cl4N10O12S2/c1-41(2)57(75-91(81,82)49-15-11-47(12-16-49)89-61-53-31-43(65)33-55(67)51(53)35-59(61)77-23-7-9-45(69)37-77)39-87-29-27-85-25-21-73-63(79)71-19-5-6-20-72-64(80)74-22-26-86-28-30-88-40-58(42(3)4)76-92(83,84)50-17-13-48(14-18-50)90-62-54-32-44(66)34-56(68)52(54)36-60(62)78-24-8-10-46(70)38-78/h11-18,31-34,41-42,45-46,57-62,75-76H,5-10,19-30,35-40,69-70H2,1-4H3,(H2,71,73,79)(H2,72,74,80)/t45-,46-,57-,58-,59+,60+,61+,62+/m1/s1. The molecule has 10 N–H and O–H groups in total. The SMILES string of the molecule is CC(C)[C@@H](COCCOCCNC(=O)NCCCCNC(=O)NCCOCCOC[C@@H](NS(=O)(=O)c1ccc(O[C@H]2c3cc(Cl)cc(Cl)c3C[C@@H]2N2CCC[C@@H](N)C2)cc1)C(C)C)NS(=O)(=O)c1ccc(O[C@H]2c3cc(Cl)cc(Cl)c3C[C@@H]2N2CCC[C@@H](N)C2)cc1. The van der Waals surface area contributed by atoms with E-state index in [1.54, 1.807) is 36.4 Å². The normalized spacial score (nSPS) is 21.0. The Morgan fingerprint density at radius 2 is 0.902 bits per heavy atom. The molecule has 28 heteroatoms. The number of unbranched alkanes of at least 4 members (excludes halogenated alkanes) is 1. The summed E-state index contributed by atoms with van der Waals surface area (Å²) in [5, 5.41) is 13.3. The van der Waals surface area contributed by atoms with Crippen LogP contribution in [0.15, 0.2) is 82.6 Å². The average molecular weight is 1400 g/mol. The highest BCUT2D eigenvalue weighted by Crippen LogP contribution is 2.45. The Morgan fingerprint density at radius 1 is 0.533 bits per heavy atom. The van der Waals surface area contributed by atoms with Crippen LogP contribution in [-0.2, 0) is 51.8 Å². The fourth-order valence-electron chi connectivity index (χ4n) is 11.9. The first kappa shape index (κ1) is 73.5. The summed E-state index contributed by atoms with van der Waals surface area (Å²) in [6, 6.07) is 18.5. The maximum absolute atomic E-state index is 13.6. The molecule has 2 aliphatic heterocycles. The topological polar surface area (TPSA) is 288 Å². The van der Waals surface area contributed by atoms with E-state index in [2.05, 4.69) is 40.5 Å². The predicted molar refractivity (Wildman–Crippen MR) is 358 cm³/mol. The second kappa shape index (κ2) is 35.6. The van der Waals surface area contributed by atoms with Crippen molar-refractivity contribution in [3.8, 4) is 11.5 Å². The number of nitrogens with zero attached hydrogens (tertiary/aromatic N) is 2. The summed E-state index contributed by atoms with van der Waals surface area (Å²) in [6.07, 6.45) is 5.85. The third-order valence-corrected chi connectivity index (χ3v) is 21.2. The van der Waals surface area contributed by atoms with Gasteiger partial charge in [0, 0.05) is 94.7 Å². The van der Waals surface area contributed by atoms with E-state index in [0.29, 0.717) is 70.4 Å². The number of benzene rings is 4. The van der Waals surface area contributed by atoms with Gasteiger partial charge in [0.05, 0.1) is 74.7 Å². The van der Waals surface area contributed by atoms with Crippen molar-refractivity contribution < 1.29 is 54.8 Å². The molecule has 92 heavy (non-hydrogen) atoms. The molecule has 2 heterocycles. The molecule has 8 atom stereocenters. The molecule has 0 spiro atoms. The second-order valence-corrected chi connectivity index (χ2v) is 29.8. The molecule has 0 saturated carbocycles. The van der Waals surface area contributed by atoms with Gasteiger partial charge in [-0.2, -0.15) is 0 Å². The van der Waals surface area contributed by atoms with E-state index in [1.165, 1.54) is 24.3 Å². The highest BCUT2D eigenvalue weighted by Gasteiger charge is 2.43. The maximum atomic E-state index is 13.6. The van der Waals surface area contributed by atoms with Gasteiger partial charge in [-0.15, -0.1) is 0 Å². The zero-order valence-corrected chi connectivity index (χ0v) is 57.6. The molecule has 0 aromatic heterocycles. The van der Waals surface area contributed by atoms with Gasteiger partial charge < -0.3 is 61.2 Å². The zero-order chi connectivity index (χ0) is 66.0. The van der Waals surface area contributed by atoms with Crippen LogP contribution in [0.5, 0.6) is 11.5 Å². The summed E-state index contributed by atoms with van der Waals surface area (Å²) in [6.45, 7) is 14.0. The van der Waals surface area contributed by atoms with Gasteiger partial charge in [0.15, 0.2) is 0 Å². The summed E-state index contributed by atoms with van der Waals surface area (Å²) in [7, 11) is -7.82.